The summed E-state index contributed by atoms with van der Waals surface area (Å²) in [5.41, 5.74) is 5.19. The van der Waals surface area contributed by atoms with Gasteiger partial charge in [0.2, 0.25) is 18.3 Å². The van der Waals surface area contributed by atoms with Gasteiger partial charge in [-0.25, -0.2) is 14.8 Å². The number of para-hydroxylation sites is 2. The highest BCUT2D eigenvalue weighted by Crippen LogP contribution is 2.38. The van der Waals surface area contributed by atoms with Crippen molar-refractivity contribution in [1.82, 2.24) is 14.8 Å². The number of aliphatic imine (C=N–C) groups is 1. The number of hydrogen-bond donors (Lipinski definition) is 2. The Morgan fingerprint density at radius 2 is 1.85 bits per heavy atom. The number of carbonyl (C=O) groups excluding carboxylic acids is 1. The van der Waals surface area contributed by atoms with Gasteiger partial charge < -0.3 is 19.5 Å². The average molecular weight is 525 g/mol. The number of amides is 1. The summed E-state index contributed by atoms with van der Waals surface area (Å²) in [6.45, 7) is 3.96. The van der Waals surface area contributed by atoms with Gasteiger partial charge in [-0.3, -0.25) is 9.69 Å². The minimum absolute atomic E-state index is 0.0866. The van der Waals surface area contributed by atoms with Gasteiger partial charge in [0, 0.05) is 13.6 Å². The number of aromatic nitrogens is 1. The Morgan fingerprint density at radius 3 is 2.54 bits per heavy atom. The molecule has 0 bridgehead atoms. The summed E-state index contributed by atoms with van der Waals surface area (Å²) in [5, 5.41) is 20.4. The van der Waals surface area contributed by atoms with E-state index < -0.39 is 12.0 Å². The average Bonchev–Trinajstić information content (AvgIpc) is 3.36. The SMILES string of the molecule is C/C(O)=C(\N=C(N(C)C=O)N1CCc2ccc(C(=O)O)cc2C1c1ccccc1C)c1nc2ccccc2o1. The number of oxazole rings is 1. The molecule has 39 heavy (non-hydrogen) atoms. The molecule has 198 valence electrons. The standard InChI is InChI=1S/C30H28N4O5/c1-18-8-4-5-9-22(18)27-23-16-21(29(37)38)13-12-20(23)14-15-34(27)30(33(3)17-35)32-26(19(2)36)28-31-24-10-6-7-11-25(24)39-28/h4-13,16-17,27,36H,14-15H2,1-3H3,(H,37,38)/b26-19+,32-30?. The van der Waals surface area contributed by atoms with Gasteiger partial charge in [0.15, 0.2) is 11.3 Å². The molecule has 9 heteroatoms. The smallest absolute Gasteiger partial charge is 0.335 e. The van der Waals surface area contributed by atoms with E-state index in [0.29, 0.717) is 30.5 Å². The third kappa shape index (κ3) is 4.86. The molecular formula is C30H28N4O5. The second-order valence-electron chi connectivity index (χ2n) is 9.47. The molecule has 2 heterocycles. The molecule has 1 aromatic heterocycles. The number of benzene rings is 3. The zero-order chi connectivity index (χ0) is 27.7. The fraction of sp³-hybridized carbons (Fsp3) is 0.200. The molecule has 0 fully saturated rings. The van der Waals surface area contributed by atoms with Crippen molar-refractivity contribution in [3.8, 4) is 0 Å². The first-order chi connectivity index (χ1) is 18.8. The van der Waals surface area contributed by atoms with Crippen LogP contribution in [0.3, 0.4) is 0 Å². The predicted molar refractivity (Wildman–Crippen MR) is 147 cm³/mol. The van der Waals surface area contributed by atoms with E-state index in [4.69, 9.17) is 9.41 Å². The van der Waals surface area contributed by atoms with Gasteiger partial charge in [0.05, 0.1) is 11.6 Å². The van der Waals surface area contributed by atoms with Crippen molar-refractivity contribution < 1.29 is 24.2 Å². The van der Waals surface area contributed by atoms with E-state index in [-0.39, 0.29) is 28.9 Å². The highest BCUT2D eigenvalue weighted by atomic mass is 16.4. The number of aryl methyl sites for hydroxylation is 1. The number of nitrogens with zero attached hydrogens (tertiary/aromatic N) is 4. The van der Waals surface area contributed by atoms with Crippen LogP contribution in [0.15, 0.2) is 81.9 Å². The third-order valence-electron chi connectivity index (χ3n) is 6.89. The van der Waals surface area contributed by atoms with Crippen LogP contribution < -0.4 is 0 Å². The molecule has 0 saturated carbocycles. The maximum absolute atomic E-state index is 12.1. The second kappa shape index (κ2) is 10.4. The van der Waals surface area contributed by atoms with Crippen LogP contribution in [0.5, 0.6) is 0 Å². The monoisotopic (exact) mass is 524 g/mol. The number of allylic oxidation sites excluding steroid dienone is 1. The first kappa shape index (κ1) is 25.7. The van der Waals surface area contributed by atoms with Crippen molar-refractivity contribution in [3.63, 3.8) is 0 Å². The topological polar surface area (TPSA) is 119 Å². The normalized spacial score (nSPS) is 16.0. The van der Waals surface area contributed by atoms with E-state index in [1.807, 2.05) is 54.3 Å². The van der Waals surface area contributed by atoms with Crippen molar-refractivity contribution in [2.24, 2.45) is 4.99 Å². The lowest BCUT2D eigenvalue weighted by molar-refractivity contribution is -0.114. The number of carboxylic acids is 1. The molecule has 4 aromatic rings. The largest absolute Gasteiger partial charge is 0.510 e. The second-order valence-corrected chi connectivity index (χ2v) is 9.47. The van der Waals surface area contributed by atoms with Crippen LogP contribution in [0, 0.1) is 6.92 Å². The fourth-order valence-corrected chi connectivity index (χ4v) is 4.94. The van der Waals surface area contributed by atoms with Gasteiger partial charge in [0.1, 0.15) is 11.3 Å². The highest BCUT2D eigenvalue weighted by molar-refractivity contribution is 5.94. The number of fused-ring (bicyclic) bond motifs is 2. The van der Waals surface area contributed by atoms with Crippen molar-refractivity contribution in [1.29, 1.82) is 0 Å². The molecule has 1 aliphatic heterocycles. The predicted octanol–water partition coefficient (Wildman–Crippen LogP) is 5.17. The van der Waals surface area contributed by atoms with E-state index in [0.717, 1.165) is 22.3 Å². The van der Waals surface area contributed by atoms with Crippen LogP contribution in [0.4, 0.5) is 0 Å². The van der Waals surface area contributed by atoms with E-state index >= 15 is 0 Å². The number of aromatic carboxylic acids is 1. The number of guanidine groups is 1. The molecule has 1 unspecified atom stereocenters. The molecule has 1 atom stereocenters. The fourth-order valence-electron chi connectivity index (χ4n) is 4.94. The van der Waals surface area contributed by atoms with Gasteiger partial charge >= 0.3 is 5.97 Å². The summed E-state index contributed by atoms with van der Waals surface area (Å²) in [7, 11) is 1.58. The Labute approximate surface area is 225 Å². The lowest BCUT2D eigenvalue weighted by atomic mass is 9.85. The number of rotatable bonds is 5. The van der Waals surface area contributed by atoms with Crippen LogP contribution in [-0.4, -0.2) is 56.9 Å². The summed E-state index contributed by atoms with van der Waals surface area (Å²) in [6.07, 6.45) is 1.25. The number of hydrogen-bond acceptors (Lipinski definition) is 6. The van der Waals surface area contributed by atoms with Crippen LogP contribution in [0.25, 0.3) is 16.8 Å². The van der Waals surface area contributed by atoms with Crippen LogP contribution >= 0.6 is 0 Å². The van der Waals surface area contributed by atoms with Crippen LogP contribution in [0.1, 0.15) is 51.5 Å². The van der Waals surface area contributed by atoms with E-state index in [9.17, 15) is 19.8 Å². The minimum atomic E-state index is -1.02. The number of aliphatic hydroxyl groups excluding tert-OH is 1. The number of aliphatic hydroxyl groups is 1. The van der Waals surface area contributed by atoms with Crippen molar-refractivity contribution >= 4 is 35.1 Å². The molecular weight excluding hydrogens is 496 g/mol. The van der Waals surface area contributed by atoms with Crippen molar-refractivity contribution in [2.45, 2.75) is 26.3 Å². The molecule has 1 aliphatic rings. The van der Waals surface area contributed by atoms with Gasteiger partial charge in [-0.15, -0.1) is 0 Å². The van der Waals surface area contributed by atoms with Crippen molar-refractivity contribution in [2.75, 3.05) is 13.6 Å². The van der Waals surface area contributed by atoms with Crippen LogP contribution in [0.2, 0.25) is 0 Å². The van der Waals surface area contributed by atoms with Gasteiger partial charge in [-0.2, -0.15) is 0 Å². The Bertz CT molecular complexity index is 1600. The van der Waals surface area contributed by atoms with Gasteiger partial charge in [-0.1, -0.05) is 42.5 Å². The maximum Gasteiger partial charge on any atom is 0.335 e. The quantitative estimate of drug-likeness (QED) is 0.160. The van der Waals surface area contributed by atoms with Gasteiger partial charge in [-0.05, 0) is 66.8 Å². The lowest BCUT2D eigenvalue weighted by Crippen LogP contribution is -2.47. The summed E-state index contributed by atoms with van der Waals surface area (Å²) in [6, 6.07) is 19.8. The first-order valence-corrected chi connectivity index (χ1v) is 12.5. The van der Waals surface area contributed by atoms with Gasteiger partial charge in [0.25, 0.3) is 0 Å². The molecule has 5 rings (SSSR count). The number of carboxylic acid groups (broad SMARTS) is 1. The molecule has 0 saturated heterocycles. The molecule has 0 spiro atoms. The van der Waals surface area contributed by atoms with E-state index in [1.165, 1.54) is 11.8 Å². The Hall–Kier alpha value is -4.92. The zero-order valence-electron chi connectivity index (χ0n) is 21.8. The van der Waals surface area contributed by atoms with Crippen LogP contribution in [-0.2, 0) is 11.2 Å². The molecule has 9 nitrogen and oxygen atoms in total. The highest BCUT2D eigenvalue weighted by Gasteiger charge is 2.34. The summed E-state index contributed by atoms with van der Waals surface area (Å²) < 4.78 is 5.90. The maximum atomic E-state index is 12.1. The Balaban J connectivity index is 1.71. The molecule has 0 aliphatic carbocycles. The molecule has 2 N–H and O–H groups in total. The molecule has 0 radical (unpaired) electrons. The third-order valence-corrected chi connectivity index (χ3v) is 6.89. The van der Waals surface area contributed by atoms with E-state index in [1.54, 1.807) is 31.3 Å². The minimum Gasteiger partial charge on any atom is -0.510 e. The zero-order valence-corrected chi connectivity index (χ0v) is 21.8. The summed E-state index contributed by atoms with van der Waals surface area (Å²) in [5.74, 6) is -0.771. The Morgan fingerprint density at radius 1 is 1.10 bits per heavy atom. The molecule has 3 aromatic carbocycles. The first-order valence-electron chi connectivity index (χ1n) is 12.5. The summed E-state index contributed by atoms with van der Waals surface area (Å²) >= 11 is 0. The van der Waals surface area contributed by atoms with Crippen molar-refractivity contribution in [3.05, 3.63) is 106 Å². The lowest BCUT2D eigenvalue weighted by Gasteiger charge is -2.41. The Kier molecular flexibility index (Phi) is 6.89. The van der Waals surface area contributed by atoms with E-state index in [2.05, 4.69) is 4.98 Å². The summed E-state index contributed by atoms with van der Waals surface area (Å²) in [4.78, 5) is 36.6. The number of carbonyl (C=O) groups is 2. The molecule has 1 amide bonds.